The van der Waals surface area contributed by atoms with Gasteiger partial charge in [0, 0.05) is 12.1 Å². The highest BCUT2D eigenvalue weighted by atomic mass is 32.2. The topological polar surface area (TPSA) is 147 Å². The first-order valence-corrected chi connectivity index (χ1v) is 14.9. The highest BCUT2D eigenvalue weighted by Crippen LogP contribution is 2.31. The zero-order valence-corrected chi connectivity index (χ0v) is 24.2. The monoisotopic (exact) mass is 623 g/mol. The summed E-state index contributed by atoms with van der Waals surface area (Å²) in [5.41, 5.74) is 0.893. The molecule has 0 spiro atoms. The maximum Gasteiger partial charge on any atom is 0.339 e. The first-order valence-electron chi connectivity index (χ1n) is 12.7. The molecule has 0 unspecified atom stereocenters. The summed E-state index contributed by atoms with van der Waals surface area (Å²) in [6.07, 6.45) is 1.59. The molecule has 4 aromatic rings. The van der Waals surface area contributed by atoms with E-state index < -0.39 is 38.4 Å². The summed E-state index contributed by atoms with van der Waals surface area (Å²) in [7, 11) is -4.26. The van der Waals surface area contributed by atoms with Crippen LogP contribution in [-0.4, -0.2) is 30.5 Å². The lowest BCUT2D eigenvalue weighted by molar-refractivity contribution is -0.384. The van der Waals surface area contributed by atoms with Gasteiger partial charge in [0.2, 0.25) is 0 Å². The Kier molecular flexibility index (Phi) is 8.06. The van der Waals surface area contributed by atoms with E-state index in [2.05, 4.69) is 4.99 Å². The van der Waals surface area contributed by atoms with Gasteiger partial charge in [0.05, 0.1) is 33.4 Å². The van der Waals surface area contributed by atoms with Crippen molar-refractivity contribution in [1.29, 1.82) is 0 Å². The van der Waals surface area contributed by atoms with Crippen LogP contribution in [0.3, 0.4) is 0 Å². The summed E-state index contributed by atoms with van der Waals surface area (Å²) in [5.74, 6) is -1.11. The van der Waals surface area contributed by atoms with Gasteiger partial charge in [-0.25, -0.2) is 14.2 Å². The van der Waals surface area contributed by atoms with Gasteiger partial charge in [-0.1, -0.05) is 35.6 Å². The number of aromatic nitrogens is 1. The maximum atomic E-state index is 13.7. The lowest BCUT2D eigenvalue weighted by atomic mass is 9.96. The first kappa shape index (κ1) is 29.5. The fraction of sp³-hybridized carbons (Fsp3) is 0.138. The second kappa shape index (κ2) is 11.7. The minimum absolute atomic E-state index is 0.0111. The fourth-order valence-corrected chi connectivity index (χ4v) is 6.41. The first-order chi connectivity index (χ1) is 20.5. The molecule has 0 bridgehead atoms. The number of hydrogen-bond acceptors (Lipinski definition) is 10. The third kappa shape index (κ3) is 6.01. The molecule has 0 fully saturated rings. The molecule has 1 aliphatic heterocycles. The standard InChI is InChI=1S/C29H22FN3O8S2/c1-3-40-28(35)25-17(2)31-29-32(26(25)19-6-8-20(30)9-7-19)27(34)24(42-29)16-18-4-12-22(13-5-18)41-43(38,39)23-14-10-21(11-15-23)33(36)37/h4-16,26H,3H2,1-2H3/b24-16-/t26-/m0/s1. The minimum atomic E-state index is -4.26. The molecule has 11 nitrogen and oxygen atoms in total. The van der Waals surface area contributed by atoms with E-state index in [0.717, 1.165) is 35.6 Å². The van der Waals surface area contributed by atoms with Crippen LogP contribution in [0.2, 0.25) is 0 Å². The number of non-ortho nitro benzene ring substituents is 1. The van der Waals surface area contributed by atoms with Gasteiger partial charge >= 0.3 is 16.1 Å². The third-order valence-electron chi connectivity index (χ3n) is 6.42. The van der Waals surface area contributed by atoms with E-state index in [9.17, 15) is 32.5 Å². The highest BCUT2D eigenvalue weighted by molar-refractivity contribution is 7.87. The largest absolute Gasteiger partial charge is 0.463 e. The van der Waals surface area contributed by atoms with Crippen LogP contribution in [0.25, 0.3) is 6.08 Å². The molecule has 1 aliphatic rings. The average molecular weight is 624 g/mol. The number of halogens is 1. The van der Waals surface area contributed by atoms with Gasteiger partial charge in [-0.3, -0.25) is 19.5 Å². The molecule has 0 saturated heterocycles. The maximum absolute atomic E-state index is 13.7. The molecule has 2 heterocycles. The van der Waals surface area contributed by atoms with Crippen LogP contribution < -0.4 is 19.1 Å². The van der Waals surface area contributed by atoms with E-state index in [0.29, 0.717) is 21.6 Å². The Bertz CT molecular complexity index is 2050. The lowest BCUT2D eigenvalue weighted by Gasteiger charge is -2.24. The molecule has 0 aliphatic carbocycles. The molecule has 0 amide bonds. The Balaban J connectivity index is 1.48. The van der Waals surface area contributed by atoms with Gasteiger partial charge in [0.25, 0.3) is 11.2 Å². The van der Waals surface area contributed by atoms with Gasteiger partial charge < -0.3 is 8.92 Å². The predicted molar refractivity (Wildman–Crippen MR) is 154 cm³/mol. The average Bonchev–Trinajstić information content (AvgIpc) is 3.27. The van der Waals surface area contributed by atoms with Crippen molar-refractivity contribution in [2.75, 3.05) is 6.61 Å². The molecule has 5 rings (SSSR count). The van der Waals surface area contributed by atoms with Crippen LogP contribution in [0.15, 0.2) is 98.7 Å². The van der Waals surface area contributed by atoms with E-state index in [1.54, 1.807) is 32.1 Å². The molecule has 3 aromatic carbocycles. The zero-order valence-electron chi connectivity index (χ0n) is 22.6. The van der Waals surface area contributed by atoms with Crippen molar-refractivity contribution in [3.63, 3.8) is 0 Å². The smallest absolute Gasteiger partial charge is 0.339 e. The van der Waals surface area contributed by atoms with E-state index >= 15 is 0 Å². The number of esters is 1. The van der Waals surface area contributed by atoms with Crippen LogP contribution in [0.4, 0.5) is 10.1 Å². The number of rotatable bonds is 8. The van der Waals surface area contributed by atoms with E-state index in [1.807, 2.05) is 0 Å². The summed E-state index contributed by atoms with van der Waals surface area (Å²) < 4.78 is 51.0. The molecule has 0 radical (unpaired) electrons. The van der Waals surface area contributed by atoms with Gasteiger partial charge in [0.15, 0.2) is 4.80 Å². The fourth-order valence-electron chi connectivity index (χ4n) is 4.43. The Morgan fingerprint density at radius 3 is 2.35 bits per heavy atom. The number of hydrogen-bond donors (Lipinski definition) is 0. The number of fused-ring (bicyclic) bond motifs is 1. The second-order valence-corrected chi connectivity index (χ2v) is 11.8. The molecule has 1 aromatic heterocycles. The normalized spacial score (nSPS) is 15.0. The van der Waals surface area contributed by atoms with Gasteiger partial charge in [-0.2, -0.15) is 8.42 Å². The van der Waals surface area contributed by atoms with Crippen molar-refractivity contribution in [2.45, 2.75) is 24.8 Å². The number of benzene rings is 3. The number of nitro benzene ring substituents is 1. The van der Waals surface area contributed by atoms with Crippen molar-refractivity contribution in [3.8, 4) is 5.75 Å². The Labute approximate surface area is 247 Å². The van der Waals surface area contributed by atoms with Crippen molar-refractivity contribution >= 4 is 39.2 Å². The van der Waals surface area contributed by atoms with Crippen molar-refractivity contribution in [1.82, 2.24) is 4.57 Å². The zero-order chi connectivity index (χ0) is 30.9. The van der Waals surface area contributed by atoms with Gasteiger partial charge in [-0.05, 0) is 67.4 Å². The third-order valence-corrected chi connectivity index (χ3v) is 8.67. The van der Waals surface area contributed by atoms with Gasteiger partial charge in [-0.15, -0.1) is 0 Å². The number of thiazole rings is 1. The Hall–Kier alpha value is -4.95. The molecular formula is C29H22FN3O8S2. The number of carbonyl (C=O) groups is 1. The summed E-state index contributed by atoms with van der Waals surface area (Å²) >= 11 is 1.10. The summed E-state index contributed by atoms with van der Waals surface area (Å²) in [5, 5.41) is 10.8. The Morgan fingerprint density at radius 2 is 1.74 bits per heavy atom. The number of ether oxygens (including phenoxy) is 1. The molecular weight excluding hydrogens is 601 g/mol. The summed E-state index contributed by atoms with van der Waals surface area (Å²) in [6.45, 7) is 3.42. The number of carbonyl (C=O) groups excluding carboxylic acids is 1. The predicted octanol–water partition coefficient (Wildman–Crippen LogP) is 3.61. The van der Waals surface area contributed by atoms with E-state index in [1.165, 1.54) is 41.0 Å². The number of nitrogens with zero attached hydrogens (tertiary/aromatic N) is 3. The highest BCUT2D eigenvalue weighted by Gasteiger charge is 2.33. The van der Waals surface area contributed by atoms with E-state index in [-0.39, 0.29) is 33.0 Å². The summed E-state index contributed by atoms with van der Waals surface area (Å²) in [4.78, 5) is 41.4. The van der Waals surface area contributed by atoms with Gasteiger partial charge in [0.1, 0.15) is 16.5 Å². The molecule has 14 heteroatoms. The molecule has 43 heavy (non-hydrogen) atoms. The minimum Gasteiger partial charge on any atom is -0.463 e. The Morgan fingerprint density at radius 1 is 1.09 bits per heavy atom. The number of allylic oxidation sites excluding steroid dienone is 1. The molecule has 1 atom stereocenters. The van der Waals surface area contributed by atoms with Crippen LogP contribution in [0, 0.1) is 15.9 Å². The number of nitro groups is 1. The summed E-state index contributed by atoms with van der Waals surface area (Å²) in [6, 6.07) is 14.8. The van der Waals surface area contributed by atoms with Crippen LogP contribution >= 0.6 is 11.3 Å². The van der Waals surface area contributed by atoms with Crippen molar-refractivity contribution in [3.05, 3.63) is 131 Å². The van der Waals surface area contributed by atoms with E-state index in [4.69, 9.17) is 8.92 Å². The van der Waals surface area contributed by atoms with Crippen LogP contribution in [-0.2, 0) is 19.6 Å². The molecule has 0 N–H and O–H groups in total. The van der Waals surface area contributed by atoms with Crippen LogP contribution in [0.1, 0.15) is 31.0 Å². The molecule has 0 saturated carbocycles. The lowest BCUT2D eigenvalue weighted by Crippen LogP contribution is -2.39. The quantitative estimate of drug-likeness (QED) is 0.125. The molecule has 220 valence electrons. The SMILES string of the molecule is CCOC(=O)C1=C(C)N=c2s/c(=C\c3ccc(OS(=O)(=O)c4ccc([N+](=O)[O-])cc4)cc3)c(=O)n2[C@H]1c1ccc(F)cc1. The second-order valence-electron chi connectivity index (χ2n) is 9.21. The van der Waals surface area contributed by atoms with Crippen molar-refractivity contribution < 1.29 is 31.4 Å². The van der Waals surface area contributed by atoms with Crippen LogP contribution in [0.5, 0.6) is 5.75 Å². The van der Waals surface area contributed by atoms with Crippen molar-refractivity contribution in [2.24, 2.45) is 4.99 Å².